The Bertz CT molecular complexity index is 1020. The molecule has 0 spiro atoms. The van der Waals surface area contributed by atoms with Crippen LogP contribution in [-0.4, -0.2) is 28.4 Å². The first-order valence-electron chi connectivity index (χ1n) is 7.64. The van der Waals surface area contributed by atoms with E-state index in [0.717, 1.165) is 0 Å². The quantitative estimate of drug-likeness (QED) is 0.614. The summed E-state index contributed by atoms with van der Waals surface area (Å²) in [6.45, 7) is 0. The van der Waals surface area contributed by atoms with Crippen molar-refractivity contribution in [1.82, 2.24) is 0 Å². The second-order valence-corrected chi connectivity index (χ2v) is 6.13. The summed E-state index contributed by atoms with van der Waals surface area (Å²) < 4.78 is 27.8. The highest BCUT2D eigenvalue weighted by Crippen LogP contribution is 2.40. The molecular formula is C19H17BrO6. The molecule has 0 aliphatic rings. The van der Waals surface area contributed by atoms with Crippen molar-refractivity contribution in [2.45, 2.75) is 0 Å². The van der Waals surface area contributed by atoms with Crippen molar-refractivity contribution in [3.63, 3.8) is 0 Å². The van der Waals surface area contributed by atoms with Crippen LogP contribution in [0.4, 0.5) is 0 Å². The number of methoxy groups -OCH3 is 4. The van der Waals surface area contributed by atoms with Gasteiger partial charge in [0.1, 0.15) is 38.6 Å². The Balaban J connectivity index is 2.33. The predicted octanol–water partition coefficient (Wildman–Crippen LogP) is 4.26. The number of benzene rings is 2. The van der Waals surface area contributed by atoms with Crippen LogP contribution in [0.15, 0.2) is 44.0 Å². The third kappa shape index (κ3) is 2.99. The molecule has 0 radical (unpaired) electrons. The van der Waals surface area contributed by atoms with E-state index in [1.807, 2.05) is 0 Å². The van der Waals surface area contributed by atoms with Gasteiger partial charge in [0.25, 0.3) is 0 Å². The van der Waals surface area contributed by atoms with Crippen molar-refractivity contribution in [3.8, 4) is 34.3 Å². The van der Waals surface area contributed by atoms with E-state index in [2.05, 4.69) is 15.9 Å². The number of hydrogen-bond acceptors (Lipinski definition) is 6. The van der Waals surface area contributed by atoms with Gasteiger partial charge >= 0.3 is 0 Å². The third-order valence-electron chi connectivity index (χ3n) is 3.99. The second kappa shape index (κ2) is 7.29. The van der Waals surface area contributed by atoms with Crippen LogP contribution < -0.4 is 24.4 Å². The van der Waals surface area contributed by atoms with Gasteiger partial charge in [-0.15, -0.1) is 0 Å². The van der Waals surface area contributed by atoms with Crippen LogP contribution in [-0.2, 0) is 0 Å². The van der Waals surface area contributed by atoms with E-state index in [-0.39, 0.29) is 5.43 Å². The molecule has 0 unspecified atom stereocenters. The van der Waals surface area contributed by atoms with Gasteiger partial charge in [-0.05, 0) is 28.1 Å². The van der Waals surface area contributed by atoms with Gasteiger partial charge in [0.15, 0.2) is 11.0 Å². The van der Waals surface area contributed by atoms with Crippen molar-refractivity contribution in [1.29, 1.82) is 0 Å². The monoisotopic (exact) mass is 420 g/mol. The predicted molar refractivity (Wildman–Crippen MR) is 102 cm³/mol. The van der Waals surface area contributed by atoms with Crippen LogP contribution >= 0.6 is 15.9 Å². The lowest BCUT2D eigenvalue weighted by molar-refractivity contribution is 0.393. The Morgan fingerprint density at radius 2 is 1.54 bits per heavy atom. The number of hydrogen-bond donors (Lipinski definition) is 0. The van der Waals surface area contributed by atoms with Gasteiger partial charge in [-0.1, -0.05) is 0 Å². The standard InChI is InChI=1S/C19H17BrO6/c1-22-10-5-6-11(13(7-10)23-2)14-8-12(21)17-15(24-3)9-16(25-4)18(20)19(17)26-14/h5-9H,1-4H3. The van der Waals surface area contributed by atoms with Gasteiger partial charge < -0.3 is 23.4 Å². The molecule has 0 aliphatic heterocycles. The molecule has 0 fully saturated rings. The number of fused-ring (bicyclic) bond motifs is 1. The molecule has 136 valence electrons. The van der Waals surface area contributed by atoms with Gasteiger partial charge in [0.05, 0.1) is 34.0 Å². The van der Waals surface area contributed by atoms with Crippen molar-refractivity contribution in [2.24, 2.45) is 0 Å². The zero-order valence-corrected chi connectivity index (χ0v) is 16.3. The Morgan fingerprint density at radius 1 is 0.846 bits per heavy atom. The molecule has 6 nitrogen and oxygen atoms in total. The van der Waals surface area contributed by atoms with Crippen molar-refractivity contribution in [3.05, 3.63) is 45.0 Å². The van der Waals surface area contributed by atoms with Gasteiger partial charge in [0, 0.05) is 18.2 Å². The molecule has 0 atom stereocenters. The average molecular weight is 421 g/mol. The highest BCUT2D eigenvalue weighted by molar-refractivity contribution is 9.10. The zero-order valence-electron chi connectivity index (χ0n) is 14.7. The Hall–Kier alpha value is -2.67. The first-order chi connectivity index (χ1) is 12.5. The molecule has 2 aromatic carbocycles. The maximum Gasteiger partial charge on any atom is 0.197 e. The lowest BCUT2D eigenvalue weighted by Gasteiger charge is -2.13. The van der Waals surface area contributed by atoms with Crippen LogP contribution in [0.3, 0.4) is 0 Å². The molecular weight excluding hydrogens is 404 g/mol. The zero-order chi connectivity index (χ0) is 18.8. The van der Waals surface area contributed by atoms with E-state index >= 15 is 0 Å². The van der Waals surface area contributed by atoms with E-state index in [1.165, 1.54) is 20.3 Å². The fourth-order valence-corrected chi connectivity index (χ4v) is 3.25. The summed E-state index contributed by atoms with van der Waals surface area (Å²) in [5.74, 6) is 2.40. The van der Waals surface area contributed by atoms with Crippen molar-refractivity contribution in [2.75, 3.05) is 28.4 Å². The van der Waals surface area contributed by atoms with Gasteiger partial charge in [-0.3, -0.25) is 4.79 Å². The van der Waals surface area contributed by atoms with Crippen LogP contribution in [0, 0.1) is 0 Å². The van der Waals surface area contributed by atoms with Crippen LogP contribution in [0.25, 0.3) is 22.3 Å². The minimum Gasteiger partial charge on any atom is -0.497 e. The first-order valence-corrected chi connectivity index (χ1v) is 8.44. The lowest BCUT2D eigenvalue weighted by atomic mass is 10.1. The molecule has 0 aliphatic carbocycles. The molecule has 0 N–H and O–H groups in total. The first kappa shape index (κ1) is 18.1. The fraction of sp³-hybridized carbons (Fsp3) is 0.211. The lowest BCUT2D eigenvalue weighted by Crippen LogP contribution is -2.04. The largest absolute Gasteiger partial charge is 0.497 e. The van der Waals surface area contributed by atoms with Gasteiger partial charge in [-0.2, -0.15) is 0 Å². The number of rotatable bonds is 5. The molecule has 3 aromatic rings. The topological polar surface area (TPSA) is 67.1 Å². The molecule has 0 bridgehead atoms. The van der Waals surface area contributed by atoms with E-state index < -0.39 is 0 Å². The Morgan fingerprint density at radius 3 is 2.15 bits per heavy atom. The molecule has 0 saturated heterocycles. The highest BCUT2D eigenvalue weighted by atomic mass is 79.9. The number of halogens is 1. The molecule has 1 aromatic heterocycles. The smallest absolute Gasteiger partial charge is 0.197 e. The van der Waals surface area contributed by atoms with E-state index in [1.54, 1.807) is 38.5 Å². The molecule has 0 saturated carbocycles. The van der Waals surface area contributed by atoms with E-state index in [0.29, 0.717) is 49.8 Å². The third-order valence-corrected chi connectivity index (χ3v) is 4.74. The maximum atomic E-state index is 12.8. The van der Waals surface area contributed by atoms with Crippen LogP contribution in [0.5, 0.6) is 23.0 Å². The fourth-order valence-electron chi connectivity index (χ4n) is 2.69. The second-order valence-electron chi connectivity index (χ2n) is 5.34. The van der Waals surface area contributed by atoms with E-state index in [9.17, 15) is 4.79 Å². The van der Waals surface area contributed by atoms with Gasteiger partial charge in [-0.25, -0.2) is 0 Å². The maximum absolute atomic E-state index is 12.8. The summed E-state index contributed by atoms with van der Waals surface area (Å²) >= 11 is 3.44. The summed E-state index contributed by atoms with van der Waals surface area (Å²) in [6, 6.07) is 8.31. The average Bonchev–Trinajstić information content (AvgIpc) is 2.67. The number of ether oxygens (including phenoxy) is 4. The molecule has 7 heteroatoms. The summed E-state index contributed by atoms with van der Waals surface area (Å²) in [6.07, 6.45) is 0. The normalized spacial score (nSPS) is 10.7. The summed E-state index contributed by atoms with van der Waals surface area (Å²) in [5, 5.41) is 0.330. The minimum absolute atomic E-state index is 0.237. The molecule has 1 heterocycles. The van der Waals surface area contributed by atoms with Crippen LogP contribution in [0.2, 0.25) is 0 Å². The van der Waals surface area contributed by atoms with E-state index in [4.69, 9.17) is 23.4 Å². The SMILES string of the molecule is COc1ccc(-c2cc(=O)c3c(OC)cc(OC)c(Br)c3o2)c(OC)c1. The van der Waals surface area contributed by atoms with Crippen molar-refractivity contribution >= 4 is 26.9 Å². The summed E-state index contributed by atoms with van der Waals surface area (Å²) in [5.41, 5.74) is 0.724. The van der Waals surface area contributed by atoms with Crippen LogP contribution in [0.1, 0.15) is 0 Å². The Kier molecular flexibility index (Phi) is 5.08. The highest BCUT2D eigenvalue weighted by Gasteiger charge is 2.19. The minimum atomic E-state index is -0.237. The van der Waals surface area contributed by atoms with Crippen molar-refractivity contribution < 1.29 is 23.4 Å². The Labute approximate surface area is 158 Å². The molecule has 3 rings (SSSR count). The molecule has 26 heavy (non-hydrogen) atoms. The summed E-state index contributed by atoms with van der Waals surface area (Å²) in [4.78, 5) is 12.8. The molecule has 0 amide bonds. The van der Waals surface area contributed by atoms with Gasteiger partial charge in [0.2, 0.25) is 0 Å². The summed E-state index contributed by atoms with van der Waals surface area (Å²) in [7, 11) is 6.13.